The molecule has 27 heavy (non-hydrogen) atoms. The lowest BCUT2D eigenvalue weighted by atomic mass is 10.2. The van der Waals surface area contributed by atoms with Crippen molar-refractivity contribution in [2.24, 2.45) is 0 Å². The van der Waals surface area contributed by atoms with Crippen molar-refractivity contribution in [2.45, 2.75) is 12.1 Å². The van der Waals surface area contributed by atoms with Crippen molar-refractivity contribution in [1.82, 2.24) is 10.2 Å². The highest BCUT2D eigenvalue weighted by molar-refractivity contribution is 7.99. The largest absolute Gasteiger partial charge is 0.496 e. The number of methoxy groups -OCH3 is 1. The van der Waals surface area contributed by atoms with Gasteiger partial charge >= 0.3 is 0 Å². The van der Waals surface area contributed by atoms with Crippen LogP contribution in [0.3, 0.4) is 0 Å². The second-order valence-corrected chi connectivity index (χ2v) is 6.27. The van der Waals surface area contributed by atoms with Crippen LogP contribution >= 0.6 is 11.8 Å². The van der Waals surface area contributed by atoms with Gasteiger partial charge in [-0.25, -0.2) is 0 Å². The summed E-state index contributed by atoms with van der Waals surface area (Å²) in [5.74, 6) is 1.56. The molecule has 0 radical (unpaired) electrons. The zero-order chi connectivity index (χ0) is 19.1. The molecule has 0 saturated carbocycles. The minimum Gasteiger partial charge on any atom is -0.496 e. The minimum absolute atomic E-state index is 0.133. The maximum atomic E-state index is 12.2. The Balaban J connectivity index is 1.61. The van der Waals surface area contributed by atoms with E-state index in [-0.39, 0.29) is 11.7 Å². The number of ether oxygens (including phenoxy) is 2. The summed E-state index contributed by atoms with van der Waals surface area (Å²) in [6.45, 7) is 2.42. The van der Waals surface area contributed by atoms with Crippen LogP contribution < -0.4 is 14.8 Å². The molecule has 0 spiro atoms. The number of nitrogens with one attached hydrogen (secondary N) is 1. The lowest BCUT2D eigenvalue weighted by molar-refractivity contribution is -0.113. The normalized spacial score (nSPS) is 10.4. The maximum absolute atomic E-state index is 12.2. The van der Waals surface area contributed by atoms with Gasteiger partial charge in [-0.15, -0.1) is 10.2 Å². The number of amides is 1. The van der Waals surface area contributed by atoms with E-state index in [0.29, 0.717) is 40.5 Å². The lowest BCUT2D eigenvalue weighted by Gasteiger charge is -2.10. The highest BCUT2D eigenvalue weighted by atomic mass is 32.2. The highest BCUT2D eigenvalue weighted by Crippen LogP contribution is 2.30. The van der Waals surface area contributed by atoms with Crippen molar-refractivity contribution < 1.29 is 18.7 Å². The van der Waals surface area contributed by atoms with Crippen LogP contribution in [0.2, 0.25) is 0 Å². The van der Waals surface area contributed by atoms with E-state index in [1.807, 2.05) is 49.4 Å². The van der Waals surface area contributed by atoms with Gasteiger partial charge in [-0.1, -0.05) is 36.0 Å². The summed E-state index contributed by atoms with van der Waals surface area (Å²) in [7, 11) is 1.58. The summed E-state index contributed by atoms with van der Waals surface area (Å²) < 4.78 is 16.4. The number of para-hydroxylation sites is 3. The molecule has 3 rings (SSSR count). The second kappa shape index (κ2) is 9.09. The zero-order valence-corrected chi connectivity index (χ0v) is 15.8. The van der Waals surface area contributed by atoms with Gasteiger partial charge in [0.1, 0.15) is 11.5 Å². The van der Waals surface area contributed by atoms with Gasteiger partial charge in [-0.3, -0.25) is 4.79 Å². The van der Waals surface area contributed by atoms with E-state index in [9.17, 15) is 4.79 Å². The number of anilines is 1. The van der Waals surface area contributed by atoms with E-state index in [1.54, 1.807) is 13.2 Å². The van der Waals surface area contributed by atoms with Crippen molar-refractivity contribution >= 4 is 23.4 Å². The fourth-order valence-electron chi connectivity index (χ4n) is 2.36. The predicted molar refractivity (Wildman–Crippen MR) is 103 cm³/mol. The first-order chi connectivity index (χ1) is 13.2. The SMILES string of the molecule is CCOc1ccccc1NC(=O)CSc1nnc(-c2ccccc2OC)o1. The Bertz CT molecular complexity index is 913. The minimum atomic E-state index is -0.191. The molecule has 0 aliphatic rings. The Morgan fingerprint density at radius 3 is 2.63 bits per heavy atom. The summed E-state index contributed by atoms with van der Waals surface area (Å²) >= 11 is 1.16. The fraction of sp³-hybridized carbons (Fsp3) is 0.211. The topological polar surface area (TPSA) is 86.5 Å². The molecule has 140 valence electrons. The van der Waals surface area contributed by atoms with E-state index < -0.39 is 0 Å². The van der Waals surface area contributed by atoms with Crippen LogP contribution in [0.4, 0.5) is 5.69 Å². The molecule has 0 fully saturated rings. The first-order valence-corrected chi connectivity index (χ1v) is 9.31. The summed E-state index contributed by atoms with van der Waals surface area (Å²) in [5.41, 5.74) is 1.33. The molecule has 7 nitrogen and oxygen atoms in total. The molecule has 3 aromatic rings. The van der Waals surface area contributed by atoms with Crippen LogP contribution in [0, 0.1) is 0 Å². The van der Waals surface area contributed by atoms with Gasteiger partial charge < -0.3 is 19.2 Å². The first kappa shape index (κ1) is 18.8. The molecule has 0 unspecified atom stereocenters. The smallest absolute Gasteiger partial charge is 0.277 e. The van der Waals surface area contributed by atoms with E-state index in [1.165, 1.54) is 0 Å². The van der Waals surface area contributed by atoms with Crippen LogP contribution in [0.15, 0.2) is 58.2 Å². The Kier molecular flexibility index (Phi) is 6.32. The van der Waals surface area contributed by atoms with E-state index in [4.69, 9.17) is 13.9 Å². The number of hydrogen-bond donors (Lipinski definition) is 1. The number of aromatic nitrogens is 2. The summed E-state index contributed by atoms with van der Waals surface area (Å²) in [6.07, 6.45) is 0. The summed E-state index contributed by atoms with van der Waals surface area (Å²) in [5, 5.41) is 11.1. The molecule has 0 atom stereocenters. The quantitative estimate of drug-likeness (QED) is 0.589. The number of hydrogen-bond acceptors (Lipinski definition) is 7. The highest BCUT2D eigenvalue weighted by Gasteiger charge is 2.15. The Labute approximate surface area is 161 Å². The zero-order valence-electron chi connectivity index (χ0n) is 15.0. The Morgan fingerprint density at radius 2 is 1.85 bits per heavy atom. The van der Waals surface area contributed by atoms with Gasteiger partial charge in [0, 0.05) is 0 Å². The second-order valence-electron chi connectivity index (χ2n) is 5.34. The average Bonchev–Trinajstić information content (AvgIpc) is 3.17. The average molecular weight is 385 g/mol. The van der Waals surface area contributed by atoms with Gasteiger partial charge in [-0.2, -0.15) is 0 Å². The molecule has 1 heterocycles. The van der Waals surface area contributed by atoms with E-state index in [0.717, 1.165) is 11.8 Å². The molecule has 8 heteroatoms. The molecule has 0 saturated heterocycles. The number of benzene rings is 2. The van der Waals surface area contributed by atoms with Crippen LogP contribution in [-0.2, 0) is 4.79 Å². The number of carbonyl (C=O) groups is 1. The van der Waals surface area contributed by atoms with Gasteiger partial charge in [0.15, 0.2) is 0 Å². The Morgan fingerprint density at radius 1 is 1.11 bits per heavy atom. The van der Waals surface area contributed by atoms with Crippen molar-refractivity contribution in [3.05, 3.63) is 48.5 Å². The van der Waals surface area contributed by atoms with Crippen LogP contribution in [0.5, 0.6) is 11.5 Å². The van der Waals surface area contributed by atoms with Crippen molar-refractivity contribution in [1.29, 1.82) is 0 Å². The predicted octanol–water partition coefficient (Wildman–Crippen LogP) is 3.87. The summed E-state index contributed by atoms with van der Waals surface area (Å²) in [6, 6.07) is 14.7. The molecule has 0 aliphatic carbocycles. The maximum Gasteiger partial charge on any atom is 0.277 e. The van der Waals surface area contributed by atoms with Gasteiger partial charge in [-0.05, 0) is 31.2 Å². The number of carbonyl (C=O) groups excluding carboxylic acids is 1. The number of rotatable bonds is 8. The Hall–Kier alpha value is -3.00. The van der Waals surface area contributed by atoms with Crippen molar-refractivity contribution in [2.75, 3.05) is 24.8 Å². The third-order valence-corrected chi connectivity index (χ3v) is 4.35. The van der Waals surface area contributed by atoms with Gasteiger partial charge in [0.05, 0.1) is 30.7 Å². The first-order valence-electron chi connectivity index (χ1n) is 8.32. The van der Waals surface area contributed by atoms with Crippen LogP contribution in [-0.4, -0.2) is 35.6 Å². The third kappa shape index (κ3) is 4.79. The molecule has 0 aliphatic heterocycles. The number of nitrogens with zero attached hydrogens (tertiary/aromatic N) is 2. The molecule has 1 aromatic heterocycles. The molecule has 1 N–H and O–H groups in total. The van der Waals surface area contributed by atoms with Gasteiger partial charge in [0.25, 0.3) is 11.1 Å². The molecule has 2 aromatic carbocycles. The standard InChI is InChI=1S/C19H19N3O4S/c1-3-25-16-11-7-5-9-14(16)20-17(23)12-27-19-22-21-18(26-19)13-8-4-6-10-15(13)24-2/h4-11H,3,12H2,1-2H3,(H,20,23). The lowest BCUT2D eigenvalue weighted by Crippen LogP contribution is -2.14. The summed E-state index contributed by atoms with van der Waals surface area (Å²) in [4.78, 5) is 12.2. The molecule has 1 amide bonds. The monoisotopic (exact) mass is 385 g/mol. The van der Waals surface area contributed by atoms with Gasteiger partial charge in [0.2, 0.25) is 5.91 Å². The van der Waals surface area contributed by atoms with Crippen LogP contribution in [0.25, 0.3) is 11.5 Å². The van der Waals surface area contributed by atoms with Crippen molar-refractivity contribution in [3.8, 4) is 23.0 Å². The number of thioether (sulfide) groups is 1. The van der Waals surface area contributed by atoms with Crippen LogP contribution in [0.1, 0.15) is 6.92 Å². The third-order valence-electron chi connectivity index (χ3n) is 3.53. The molecular weight excluding hydrogens is 366 g/mol. The molecule has 0 bridgehead atoms. The van der Waals surface area contributed by atoms with E-state index in [2.05, 4.69) is 15.5 Å². The van der Waals surface area contributed by atoms with E-state index >= 15 is 0 Å². The molecular formula is C19H19N3O4S. The fourth-order valence-corrected chi connectivity index (χ4v) is 2.93. The van der Waals surface area contributed by atoms with Crippen molar-refractivity contribution in [3.63, 3.8) is 0 Å².